The second kappa shape index (κ2) is 6.75. The van der Waals surface area contributed by atoms with Gasteiger partial charge in [0.2, 0.25) is 5.91 Å². The summed E-state index contributed by atoms with van der Waals surface area (Å²) in [6, 6.07) is 6.07. The summed E-state index contributed by atoms with van der Waals surface area (Å²) in [6.07, 6.45) is 0.549. The maximum Gasteiger partial charge on any atom is 0.226 e. The van der Waals surface area contributed by atoms with Crippen molar-refractivity contribution in [2.24, 2.45) is 0 Å². The molecule has 4 heteroatoms. The fourth-order valence-corrected chi connectivity index (χ4v) is 2.41. The van der Waals surface area contributed by atoms with E-state index in [0.717, 1.165) is 11.3 Å². The maximum atomic E-state index is 12.1. The van der Waals surface area contributed by atoms with Crippen molar-refractivity contribution in [3.8, 4) is 5.75 Å². The Morgan fingerprint density at radius 3 is 2.95 bits per heavy atom. The second-order valence-electron chi connectivity index (χ2n) is 5.39. The molecule has 0 saturated carbocycles. The molecule has 1 fully saturated rings. The molecule has 1 aliphatic rings. The van der Waals surface area contributed by atoms with Crippen molar-refractivity contribution in [3.63, 3.8) is 0 Å². The van der Waals surface area contributed by atoms with Crippen molar-refractivity contribution in [2.75, 3.05) is 26.3 Å². The number of hydrogen-bond donors (Lipinski definition) is 0. The van der Waals surface area contributed by atoms with Crippen molar-refractivity contribution in [1.29, 1.82) is 0 Å². The van der Waals surface area contributed by atoms with Gasteiger partial charge in [0.1, 0.15) is 5.75 Å². The Kier molecular flexibility index (Phi) is 5.01. The zero-order valence-corrected chi connectivity index (χ0v) is 12.5. The zero-order chi connectivity index (χ0) is 14.5. The van der Waals surface area contributed by atoms with Gasteiger partial charge in [0.25, 0.3) is 0 Å². The summed E-state index contributed by atoms with van der Waals surface area (Å²) in [6.45, 7) is 8.49. The van der Waals surface area contributed by atoms with Gasteiger partial charge in [0, 0.05) is 13.1 Å². The van der Waals surface area contributed by atoms with Crippen molar-refractivity contribution in [1.82, 2.24) is 4.90 Å². The Labute approximate surface area is 120 Å². The number of carbonyl (C=O) groups excluding carboxylic acids is 1. The van der Waals surface area contributed by atoms with Crippen molar-refractivity contribution in [2.45, 2.75) is 33.3 Å². The molecule has 4 nitrogen and oxygen atoms in total. The van der Waals surface area contributed by atoms with Gasteiger partial charge >= 0.3 is 0 Å². The van der Waals surface area contributed by atoms with E-state index in [4.69, 9.17) is 9.47 Å². The Morgan fingerprint density at radius 1 is 1.45 bits per heavy atom. The topological polar surface area (TPSA) is 38.8 Å². The number of benzene rings is 1. The minimum absolute atomic E-state index is 0.132. The molecule has 2 rings (SSSR count). The summed E-state index contributed by atoms with van der Waals surface area (Å²) in [5.41, 5.74) is 2.32. The zero-order valence-electron chi connectivity index (χ0n) is 12.5. The molecule has 1 aliphatic heterocycles. The number of aryl methyl sites for hydroxylation is 2. The quantitative estimate of drug-likeness (QED) is 0.848. The lowest BCUT2D eigenvalue weighted by Crippen LogP contribution is -2.44. The van der Waals surface area contributed by atoms with Gasteiger partial charge in [-0.05, 0) is 32.4 Å². The lowest BCUT2D eigenvalue weighted by Gasteiger charge is -2.31. The van der Waals surface area contributed by atoms with Crippen molar-refractivity contribution >= 4 is 5.91 Å². The van der Waals surface area contributed by atoms with E-state index in [0.29, 0.717) is 32.7 Å². The third-order valence-corrected chi connectivity index (χ3v) is 3.50. The minimum atomic E-state index is 0.132. The molecule has 20 heavy (non-hydrogen) atoms. The van der Waals surface area contributed by atoms with Crippen LogP contribution in [0.25, 0.3) is 0 Å². The smallest absolute Gasteiger partial charge is 0.226 e. The van der Waals surface area contributed by atoms with Crippen LogP contribution in [0.1, 0.15) is 24.5 Å². The summed E-state index contributed by atoms with van der Waals surface area (Å²) in [7, 11) is 0. The van der Waals surface area contributed by atoms with Gasteiger partial charge in [0.15, 0.2) is 0 Å². The standard InChI is InChI=1S/C16H23NO3/c1-12-4-5-15(13(2)10-12)20-8-6-16(18)17-7-9-19-14(3)11-17/h4-5,10,14H,6-9,11H2,1-3H3. The molecule has 0 bridgehead atoms. The van der Waals surface area contributed by atoms with Gasteiger partial charge in [0.05, 0.1) is 25.7 Å². The van der Waals surface area contributed by atoms with Gasteiger partial charge in [-0.3, -0.25) is 4.79 Å². The SMILES string of the molecule is Cc1ccc(OCCC(=O)N2CCOC(C)C2)c(C)c1. The highest BCUT2D eigenvalue weighted by molar-refractivity contribution is 5.76. The number of rotatable bonds is 4. The van der Waals surface area contributed by atoms with Gasteiger partial charge in [-0.1, -0.05) is 17.7 Å². The number of hydrogen-bond acceptors (Lipinski definition) is 3. The molecule has 0 N–H and O–H groups in total. The van der Waals surface area contributed by atoms with Gasteiger partial charge in [-0.25, -0.2) is 0 Å². The van der Waals surface area contributed by atoms with E-state index in [1.54, 1.807) is 0 Å². The molecular formula is C16H23NO3. The second-order valence-corrected chi connectivity index (χ2v) is 5.39. The van der Waals surface area contributed by atoms with Gasteiger partial charge in [-0.2, -0.15) is 0 Å². The molecule has 0 aliphatic carbocycles. The van der Waals surface area contributed by atoms with E-state index < -0.39 is 0 Å². The first-order valence-corrected chi connectivity index (χ1v) is 7.15. The Hall–Kier alpha value is -1.55. The van der Waals surface area contributed by atoms with Crippen LogP contribution in [0.4, 0.5) is 0 Å². The summed E-state index contributed by atoms with van der Waals surface area (Å²) in [4.78, 5) is 13.9. The van der Waals surface area contributed by atoms with Crippen LogP contribution < -0.4 is 4.74 Å². The molecule has 1 unspecified atom stereocenters. The van der Waals surface area contributed by atoms with E-state index in [1.807, 2.05) is 30.9 Å². The van der Waals surface area contributed by atoms with E-state index in [-0.39, 0.29) is 12.0 Å². The highest BCUT2D eigenvalue weighted by Gasteiger charge is 2.20. The normalized spacial score (nSPS) is 18.9. The van der Waals surface area contributed by atoms with E-state index in [1.165, 1.54) is 5.56 Å². The molecule has 1 amide bonds. The molecule has 1 atom stereocenters. The third kappa shape index (κ3) is 3.97. The molecule has 110 valence electrons. The molecule has 1 aromatic rings. The number of ether oxygens (including phenoxy) is 2. The van der Waals surface area contributed by atoms with Gasteiger partial charge in [-0.15, -0.1) is 0 Å². The third-order valence-electron chi connectivity index (χ3n) is 3.50. The van der Waals surface area contributed by atoms with Crippen LogP contribution in [-0.4, -0.2) is 43.2 Å². The first-order chi connectivity index (χ1) is 9.56. The number of carbonyl (C=O) groups is 1. The molecular weight excluding hydrogens is 254 g/mol. The maximum absolute atomic E-state index is 12.1. The summed E-state index contributed by atoms with van der Waals surface area (Å²) >= 11 is 0. The van der Waals surface area contributed by atoms with Crippen LogP contribution in [0.3, 0.4) is 0 Å². The number of nitrogens with zero attached hydrogens (tertiary/aromatic N) is 1. The Balaban J connectivity index is 1.79. The van der Waals surface area contributed by atoms with E-state index >= 15 is 0 Å². The lowest BCUT2D eigenvalue weighted by molar-refractivity contribution is -0.138. The summed E-state index contributed by atoms with van der Waals surface area (Å²) in [5, 5.41) is 0. The highest BCUT2D eigenvalue weighted by atomic mass is 16.5. The predicted molar refractivity (Wildman–Crippen MR) is 78.0 cm³/mol. The molecule has 1 aromatic carbocycles. The Morgan fingerprint density at radius 2 is 2.25 bits per heavy atom. The predicted octanol–water partition coefficient (Wildman–Crippen LogP) is 2.32. The lowest BCUT2D eigenvalue weighted by atomic mass is 10.1. The number of amides is 1. The number of morpholine rings is 1. The van der Waals surface area contributed by atoms with Gasteiger partial charge < -0.3 is 14.4 Å². The molecule has 0 spiro atoms. The van der Waals surface area contributed by atoms with Crippen LogP contribution in [0.5, 0.6) is 5.75 Å². The molecule has 0 radical (unpaired) electrons. The average molecular weight is 277 g/mol. The molecule has 1 heterocycles. The highest BCUT2D eigenvalue weighted by Crippen LogP contribution is 2.19. The van der Waals surface area contributed by atoms with Crippen LogP contribution in [0, 0.1) is 13.8 Å². The minimum Gasteiger partial charge on any atom is -0.493 e. The molecule has 0 aromatic heterocycles. The fourth-order valence-electron chi connectivity index (χ4n) is 2.41. The monoisotopic (exact) mass is 277 g/mol. The molecule has 1 saturated heterocycles. The summed E-state index contributed by atoms with van der Waals surface area (Å²) in [5.74, 6) is 1.00. The summed E-state index contributed by atoms with van der Waals surface area (Å²) < 4.78 is 11.1. The Bertz CT molecular complexity index is 473. The van der Waals surface area contributed by atoms with Crippen LogP contribution in [0.2, 0.25) is 0 Å². The van der Waals surface area contributed by atoms with Crippen LogP contribution in [0.15, 0.2) is 18.2 Å². The van der Waals surface area contributed by atoms with E-state index in [9.17, 15) is 4.79 Å². The average Bonchev–Trinajstić information content (AvgIpc) is 2.41. The fraction of sp³-hybridized carbons (Fsp3) is 0.562. The largest absolute Gasteiger partial charge is 0.493 e. The first kappa shape index (κ1) is 14.9. The first-order valence-electron chi connectivity index (χ1n) is 7.15. The van der Waals surface area contributed by atoms with Crippen molar-refractivity contribution in [3.05, 3.63) is 29.3 Å². The van der Waals surface area contributed by atoms with Crippen molar-refractivity contribution < 1.29 is 14.3 Å². The van der Waals surface area contributed by atoms with Crippen LogP contribution in [-0.2, 0) is 9.53 Å². The van der Waals surface area contributed by atoms with E-state index in [2.05, 4.69) is 13.0 Å². The van der Waals surface area contributed by atoms with Crippen LogP contribution >= 0.6 is 0 Å².